The third-order valence-electron chi connectivity index (χ3n) is 1.95. The van der Waals surface area contributed by atoms with Crippen LogP contribution in [0.3, 0.4) is 0 Å². The Morgan fingerprint density at radius 1 is 1.57 bits per heavy atom. The van der Waals surface area contributed by atoms with E-state index in [2.05, 4.69) is 10.1 Å². The van der Waals surface area contributed by atoms with Crippen LogP contribution in [0.25, 0.3) is 0 Å². The van der Waals surface area contributed by atoms with Gasteiger partial charge in [-0.05, 0) is 13.0 Å². The van der Waals surface area contributed by atoms with Crippen molar-refractivity contribution in [1.82, 2.24) is 9.66 Å². The zero-order chi connectivity index (χ0) is 10.1. The Labute approximate surface area is 92.0 Å². The summed E-state index contributed by atoms with van der Waals surface area (Å²) < 4.78 is 1.69. The highest BCUT2D eigenvalue weighted by Gasteiger charge is 2.11. The average Bonchev–Trinajstić information content (AvgIpc) is 2.42. The summed E-state index contributed by atoms with van der Waals surface area (Å²) in [6.45, 7) is 2.00. The van der Waals surface area contributed by atoms with Crippen LogP contribution in [-0.2, 0) is 12.3 Å². The van der Waals surface area contributed by atoms with Crippen LogP contribution >= 0.6 is 23.2 Å². The third-order valence-corrected chi connectivity index (χ3v) is 2.41. The first kappa shape index (κ1) is 9.74. The molecule has 0 fully saturated rings. The van der Waals surface area contributed by atoms with Gasteiger partial charge in [-0.25, -0.2) is 9.66 Å². The predicted molar refractivity (Wildman–Crippen MR) is 57.9 cm³/mol. The largest absolute Gasteiger partial charge is 0.235 e. The van der Waals surface area contributed by atoms with Gasteiger partial charge in [0.05, 0.1) is 17.8 Å². The van der Waals surface area contributed by atoms with Gasteiger partial charge in [0.15, 0.2) is 0 Å². The number of hydrogen-bond acceptors (Lipinski definition) is 2. The van der Waals surface area contributed by atoms with E-state index in [1.165, 1.54) is 0 Å². The van der Waals surface area contributed by atoms with Gasteiger partial charge in [0.1, 0.15) is 11.0 Å². The van der Waals surface area contributed by atoms with Crippen LogP contribution in [-0.4, -0.2) is 14.8 Å². The quantitative estimate of drug-likeness (QED) is 0.681. The SMILES string of the molecule is CC1=CC(Cl)=Nn2cc(CCl)nc2C1. The minimum Gasteiger partial charge on any atom is -0.235 e. The Morgan fingerprint density at radius 2 is 2.36 bits per heavy atom. The van der Waals surface area contributed by atoms with Crippen molar-refractivity contribution in [3.63, 3.8) is 0 Å². The number of halogens is 2. The van der Waals surface area contributed by atoms with Gasteiger partial charge in [-0.15, -0.1) is 11.6 Å². The molecule has 1 aromatic heterocycles. The molecule has 0 radical (unpaired) electrons. The highest BCUT2D eigenvalue weighted by molar-refractivity contribution is 6.68. The van der Waals surface area contributed by atoms with Gasteiger partial charge in [-0.1, -0.05) is 17.2 Å². The van der Waals surface area contributed by atoms with Gasteiger partial charge in [-0.2, -0.15) is 5.10 Å². The molecule has 0 saturated carbocycles. The van der Waals surface area contributed by atoms with Gasteiger partial charge >= 0.3 is 0 Å². The molecule has 1 aliphatic heterocycles. The molecule has 2 rings (SSSR count). The Kier molecular flexibility index (Phi) is 2.61. The van der Waals surface area contributed by atoms with Crippen LogP contribution in [0, 0.1) is 0 Å². The monoisotopic (exact) mass is 229 g/mol. The molecular weight excluding hydrogens is 221 g/mol. The number of imidazole rings is 1. The molecule has 74 valence electrons. The van der Waals surface area contributed by atoms with Crippen LogP contribution in [0.2, 0.25) is 0 Å². The standard InChI is InChI=1S/C9H9Cl2N3/c1-6-2-8(11)13-14-5-7(4-10)12-9(14)3-6/h2,5H,3-4H2,1H3. The molecular formula is C9H9Cl2N3. The molecule has 0 amide bonds. The maximum atomic E-state index is 5.89. The van der Waals surface area contributed by atoms with Crippen molar-refractivity contribution in [3.8, 4) is 0 Å². The maximum Gasteiger partial charge on any atom is 0.149 e. The van der Waals surface area contributed by atoms with Crippen molar-refractivity contribution in [2.75, 3.05) is 0 Å². The molecule has 14 heavy (non-hydrogen) atoms. The van der Waals surface area contributed by atoms with E-state index < -0.39 is 0 Å². The Balaban J connectivity index is 2.47. The minimum absolute atomic E-state index is 0.399. The second kappa shape index (κ2) is 3.75. The van der Waals surface area contributed by atoms with Crippen LogP contribution in [0.15, 0.2) is 22.9 Å². The van der Waals surface area contributed by atoms with E-state index in [9.17, 15) is 0 Å². The molecule has 0 N–H and O–H groups in total. The Bertz CT molecular complexity index is 418. The summed E-state index contributed by atoms with van der Waals surface area (Å²) in [6, 6.07) is 0. The number of aromatic nitrogens is 2. The van der Waals surface area contributed by atoms with Crippen LogP contribution in [0.5, 0.6) is 0 Å². The number of nitrogens with zero attached hydrogens (tertiary/aromatic N) is 3. The summed E-state index contributed by atoms with van der Waals surface area (Å²) in [5, 5.41) is 4.63. The number of allylic oxidation sites excluding steroid dienone is 2. The fourth-order valence-electron chi connectivity index (χ4n) is 1.37. The molecule has 3 nitrogen and oxygen atoms in total. The fourth-order valence-corrected chi connectivity index (χ4v) is 1.77. The van der Waals surface area contributed by atoms with Crippen LogP contribution < -0.4 is 0 Å². The second-order valence-electron chi connectivity index (χ2n) is 3.22. The minimum atomic E-state index is 0.399. The lowest BCUT2D eigenvalue weighted by molar-refractivity contribution is 0.802. The van der Waals surface area contributed by atoms with Crippen molar-refractivity contribution in [2.45, 2.75) is 19.2 Å². The molecule has 0 unspecified atom stereocenters. The van der Waals surface area contributed by atoms with Crippen molar-refractivity contribution < 1.29 is 0 Å². The van der Waals surface area contributed by atoms with Gasteiger partial charge in [-0.3, -0.25) is 0 Å². The number of rotatable bonds is 1. The van der Waals surface area contributed by atoms with Crippen molar-refractivity contribution in [2.24, 2.45) is 5.10 Å². The Morgan fingerprint density at radius 3 is 3.07 bits per heavy atom. The lowest BCUT2D eigenvalue weighted by atomic mass is 10.2. The molecule has 0 atom stereocenters. The molecule has 0 spiro atoms. The lowest BCUT2D eigenvalue weighted by Gasteiger charge is -1.96. The zero-order valence-corrected chi connectivity index (χ0v) is 9.18. The summed E-state index contributed by atoms with van der Waals surface area (Å²) in [5.41, 5.74) is 1.97. The average molecular weight is 230 g/mol. The van der Waals surface area contributed by atoms with E-state index in [1.807, 2.05) is 13.0 Å². The Hall–Kier alpha value is -0.800. The number of hydrogen-bond donors (Lipinski definition) is 0. The van der Waals surface area contributed by atoms with Crippen molar-refractivity contribution in [3.05, 3.63) is 29.4 Å². The van der Waals surface area contributed by atoms with Gasteiger partial charge < -0.3 is 0 Å². The van der Waals surface area contributed by atoms with Gasteiger partial charge in [0.25, 0.3) is 0 Å². The fraction of sp³-hybridized carbons (Fsp3) is 0.333. The smallest absolute Gasteiger partial charge is 0.149 e. The predicted octanol–water partition coefficient (Wildman–Crippen LogP) is 2.52. The topological polar surface area (TPSA) is 30.2 Å². The number of fused-ring (bicyclic) bond motifs is 1. The molecule has 0 aliphatic carbocycles. The third kappa shape index (κ3) is 1.83. The zero-order valence-electron chi connectivity index (χ0n) is 7.67. The molecule has 5 heteroatoms. The maximum absolute atomic E-state index is 5.89. The molecule has 0 bridgehead atoms. The summed E-state index contributed by atoms with van der Waals surface area (Å²) in [5.74, 6) is 1.28. The van der Waals surface area contributed by atoms with E-state index in [1.54, 1.807) is 10.9 Å². The first-order valence-electron chi connectivity index (χ1n) is 4.24. The van der Waals surface area contributed by atoms with E-state index in [0.29, 0.717) is 11.1 Å². The highest BCUT2D eigenvalue weighted by atomic mass is 35.5. The number of alkyl halides is 1. The second-order valence-corrected chi connectivity index (χ2v) is 3.87. The molecule has 2 heterocycles. The molecule has 1 aliphatic rings. The summed E-state index contributed by atoms with van der Waals surface area (Å²) in [7, 11) is 0. The van der Waals surface area contributed by atoms with E-state index >= 15 is 0 Å². The van der Waals surface area contributed by atoms with Crippen LogP contribution in [0.4, 0.5) is 0 Å². The van der Waals surface area contributed by atoms with Crippen molar-refractivity contribution >= 4 is 28.4 Å². The van der Waals surface area contributed by atoms with E-state index in [0.717, 1.165) is 23.5 Å². The summed E-state index contributed by atoms with van der Waals surface area (Å²) in [4.78, 5) is 4.34. The van der Waals surface area contributed by atoms with Crippen LogP contribution in [0.1, 0.15) is 18.4 Å². The van der Waals surface area contributed by atoms with E-state index in [-0.39, 0.29) is 0 Å². The highest BCUT2D eigenvalue weighted by Crippen LogP contribution is 2.14. The lowest BCUT2D eigenvalue weighted by Crippen LogP contribution is -1.95. The molecule has 1 aromatic rings. The van der Waals surface area contributed by atoms with Gasteiger partial charge in [0, 0.05) is 6.42 Å². The molecule has 0 aromatic carbocycles. The van der Waals surface area contributed by atoms with Crippen molar-refractivity contribution in [1.29, 1.82) is 0 Å². The van der Waals surface area contributed by atoms with E-state index in [4.69, 9.17) is 23.2 Å². The summed E-state index contributed by atoms with van der Waals surface area (Å²) in [6.07, 6.45) is 4.41. The van der Waals surface area contributed by atoms with Gasteiger partial charge in [0.2, 0.25) is 0 Å². The molecule has 0 saturated heterocycles. The summed E-state index contributed by atoms with van der Waals surface area (Å²) >= 11 is 11.6. The first-order valence-corrected chi connectivity index (χ1v) is 5.15. The first-order chi connectivity index (χ1) is 6.69. The normalized spacial score (nSPS) is 15.6.